The van der Waals surface area contributed by atoms with E-state index in [9.17, 15) is 9.59 Å². The lowest BCUT2D eigenvalue weighted by Crippen LogP contribution is -2.43. The van der Waals surface area contributed by atoms with Gasteiger partial charge in [0.05, 0.1) is 20.8 Å². The summed E-state index contributed by atoms with van der Waals surface area (Å²) < 4.78 is 14.9. The summed E-state index contributed by atoms with van der Waals surface area (Å²) in [5, 5.41) is 2.64. The molecule has 0 bridgehead atoms. The molecule has 8 heteroatoms. The SMILES string of the molecule is CCOC(=O)C(CC(C)C)NC(=O)c1cc(OC)nc(OC)n1. The van der Waals surface area contributed by atoms with E-state index in [1.54, 1.807) is 6.92 Å². The zero-order valence-electron chi connectivity index (χ0n) is 14.1. The van der Waals surface area contributed by atoms with E-state index in [2.05, 4.69) is 15.3 Å². The van der Waals surface area contributed by atoms with Crippen molar-refractivity contribution >= 4 is 11.9 Å². The maximum atomic E-state index is 12.4. The second kappa shape index (κ2) is 8.92. The van der Waals surface area contributed by atoms with Crippen molar-refractivity contribution in [2.24, 2.45) is 5.92 Å². The smallest absolute Gasteiger partial charge is 0.328 e. The van der Waals surface area contributed by atoms with Crippen molar-refractivity contribution in [3.8, 4) is 11.9 Å². The Hall–Kier alpha value is -2.38. The Morgan fingerprint density at radius 2 is 1.91 bits per heavy atom. The van der Waals surface area contributed by atoms with Crippen LogP contribution in [0.1, 0.15) is 37.7 Å². The van der Waals surface area contributed by atoms with E-state index in [0.717, 1.165) is 0 Å². The third-order valence-corrected chi connectivity index (χ3v) is 2.89. The van der Waals surface area contributed by atoms with Crippen molar-refractivity contribution in [1.82, 2.24) is 15.3 Å². The maximum absolute atomic E-state index is 12.4. The van der Waals surface area contributed by atoms with E-state index in [-0.39, 0.29) is 30.1 Å². The number of rotatable bonds is 8. The van der Waals surface area contributed by atoms with Gasteiger partial charge in [0.2, 0.25) is 5.88 Å². The number of carbonyl (C=O) groups excluding carboxylic acids is 2. The van der Waals surface area contributed by atoms with Crippen LogP contribution >= 0.6 is 0 Å². The van der Waals surface area contributed by atoms with Crippen molar-refractivity contribution in [3.63, 3.8) is 0 Å². The Morgan fingerprint density at radius 1 is 1.22 bits per heavy atom. The zero-order chi connectivity index (χ0) is 17.4. The Kier molecular flexibility index (Phi) is 7.24. The number of esters is 1. The summed E-state index contributed by atoms with van der Waals surface area (Å²) in [7, 11) is 2.81. The van der Waals surface area contributed by atoms with E-state index < -0.39 is 17.9 Å². The molecule has 1 rings (SSSR count). The van der Waals surface area contributed by atoms with Crippen LogP contribution in [0.15, 0.2) is 6.07 Å². The minimum absolute atomic E-state index is 0.00560. The molecule has 0 spiro atoms. The summed E-state index contributed by atoms with van der Waals surface area (Å²) in [6.07, 6.45) is 0.462. The normalized spacial score (nSPS) is 11.7. The number of hydrogen-bond donors (Lipinski definition) is 1. The number of aromatic nitrogens is 2. The highest BCUT2D eigenvalue weighted by atomic mass is 16.5. The van der Waals surface area contributed by atoms with Crippen molar-refractivity contribution in [3.05, 3.63) is 11.8 Å². The number of carbonyl (C=O) groups is 2. The number of nitrogens with one attached hydrogen (secondary N) is 1. The maximum Gasteiger partial charge on any atom is 0.328 e. The van der Waals surface area contributed by atoms with Crippen LogP contribution in [-0.4, -0.2) is 48.7 Å². The van der Waals surface area contributed by atoms with Crippen LogP contribution < -0.4 is 14.8 Å². The minimum atomic E-state index is -0.741. The first kappa shape index (κ1) is 18.7. The van der Waals surface area contributed by atoms with Crippen LogP contribution in [0.4, 0.5) is 0 Å². The van der Waals surface area contributed by atoms with Gasteiger partial charge in [-0.2, -0.15) is 9.97 Å². The van der Waals surface area contributed by atoms with Gasteiger partial charge in [-0.3, -0.25) is 4.79 Å². The van der Waals surface area contributed by atoms with Gasteiger partial charge >= 0.3 is 12.0 Å². The summed E-state index contributed by atoms with van der Waals surface area (Å²) in [6, 6.07) is 0.635. The van der Waals surface area contributed by atoms with Gasteiger partial charge in [-0.15, -0.1) is 0 Å². The molecular weight excluding hydrogens is 302 g/mol. The average Bonchev–Trinajstić information content (AvgIpc) is 2.53. The molecule has 1 atom stereocenters. The third kappa shape index (κ3) is 5.72. The molecule has 0 aliphatic heterocycles. The molecule has 128 valence electrons. The Bertz CT molecular complexity index is 526. The van der Waals surface area contributed by atoms with E-state index in [0.29, 0.717) is 6.42 Å². The monoisotopic (exact) mass is 325 g/mol. The topological polar surface area (TPSA) is 99.6 Å². The summed E-state index contributed by atoms with van der Waals surface area (Å²) in [6.45, 7) is 5.87. The standard InChI is InChI=1S/C15H23N3O5/c1-6-23-14(20)11(7-9(2)3)16-13(19)10-8-12(21-4)18-15(17-10)22-5/h8-9,11H,6-7H2,1-5H3,(H,16,19). The molecule has 1 heterocycles. The second-order valence-corrected chi connectivity index (χ2v) is 5.19. The van der Waals surface area contributed by atoms with Gasteiger partial charge in [-0.25, -0.2) is 4.79 Å². The molecule has 0 saturated heterocycles. The lowest BCUT2D eigenvalue weighted by atomic mass is 10.0. The molecule has 1 aromatic heterocycles. The van der Waals surface area contributed by atoms with Crippen LogP contribution in [0.25, 0.3) is 0 Å². The highest BCUT2D eigenvalue weighted by molar-refractivity contribution is 5.95. The predicted molar refractivity (Wildman–Crippen MR) is 82.5 cm³/mol. The van der Waals surface area contributed by atoms with Gasteiger partial charge in [0.1, 0.15) is 11.7 Å². The minimum Gasteiger partial charge on any atom is -0.481 e. The molecule has 0 aromatic carbocycles. The van der Waals surface area contributed by atoms with Crippen molar-refractivity contribution in [2.75, 3.05) is 20.8 Å². The van der Waals surface area contributed by atoms with Crippen LogP contribution in [0, 0.1) is 5.92 Å². The number of ether oxygens (including phenoxy) is 3. The van der Waals surface area contributed by atoms with Gasteiger partial charge in [0.25, 0.3) is 5.91 Å². The lowest BCUT2D eigenvalue weighted by molar-refractivity contribution is -0.145. The van der Waals surface area contributed by atoms with Gasteiger partial charge in [0, 0.05) is 6.07 Å². The van der Waals surface area contributed by atoms with Crippen LogP contribution in [0.3, 0.4) is 0 Å². The van der Waals surface area contributed by atoms with Crippen molar-refractivity contribution < 1.29 is 23.8 Å². The second-order valence-electron chi connectivity index (χ2n) is 5.19. The fourth-order valence-corrected chi connectivity index (χ4v) is 1.88. The lowest BCUT2D eigenvalue weighted by Gasteiger charge is -2.19. The molecule has 0 fully saturated rings. The largest absolute Gasteiger partial charge is 0.481 e. The van der Waals surface area contributed by atoms with E-state index >= 15 is 0 Å². The number of methoxy groups -OCH3 is 2. The summed E-state index contributed by atoms with van der Waals surface area (Å²) >= 11 is 0. The molecule has 0 radical (unpaired) electrons. The Morgan fingerprint density at radius 3 is 2.43 bits per heavy atom. The summed E-state index contributed by atoms with van der Waals surface area (Å²) in [5.41, 5.74) is 0.0479. The average molecular weight is 325 g/mol. The summed E-state index contributed by atoms with van der Waals surface area (Å²) in [4.78, 5) is 32.2. The Balaban J connectivity index is 2.95. The first-order chi connectivity index (χ1) is 10.9. The molecule has 23 heavy (non-hydrogen) atoms. The molecule has 0 aliphatic carbocycles. The highest BCUT2D eigenvalue weighted by Gasteiger charge is 2.25. The Labute approximate surface area is 135 Å². The fraction of sp³-hybridized carbons (Fsp3) is 0.600. The number of nitrogens with zero attached hydrogens (tertiary/aromatic N) is 2. The molecule has 1 aromatic rings. The molecule has 0 aliphatic rings. The van der Waals surface area contributed by atoms with Crippen molar-refractivity contribution in [1.29, 1.82) is 0 Å². The third-order valence-electron chi connectivity index (χ3n) is 2.89. The fourth-order valence-electron chi connectivity index (χ4n) is 1.88. The van der Waals surface area contributed by atoms with Gasteiger partial charge in [0.15, 0.2) is 0 Å². The molecule has 0 saturated carbocycles. The van der Waals surface area contributed by atoms with E-state index in [1.807, 2.05) is 13.8 Å². The first-order valence-electron chi connectivity index (χ1n) is 7.35. The van der Waals surface area contributed by atoms with Crippen LogP contribution in [0.5, 0.6) is 11.9 Å². The molecule has 1 N–H and O–H groups in total. The van der Waals surface area contributed by atoms with Crippen molar-refractivity contribution in [2.45, 2.75) is 33.2 Å². The number of amides is 1. The van der Waals surface area contributed by atoms with E-state index in [1.165, 1.54) is 20.3 Å². The van der Waals surface area contributed by atoms with Crippen LogP contribution in [-0.2, 0) is 9.53 Å². The predicted octanol–water partition coefficient (Wildman–Crippen LogP) is 1.20. The van der Waals surface area contributed by atoms with Gasteiger partial charge in [-0.05, 0) is 19.3 Å². The number of hydrogen-bond acceptors (Lipinski definition) is 7. The molecular formula is C15H23N3O5. The zero-order valence-corrected chi connectivity index (χ0v) is 14.1. The summed E-state index contributed by atoms with van der Waals surface area (Å²) in [5.74, 6) is -0.594. The van der Waals surface area contributed by atoms with Crippen LogP contribution in [0.2, 0.25) is 0 Å². The molecule has 1 amide bonds. The van der Waals surface area contributed by atoms with Gasteiger partial charge < -0.3 is 19.5 Å². The first-order valence-corrected chi connectivity index (χ1v) is 7.35. The quantitative estimate of drug-likeness (QED) is 0.717. The molecule has 8 nitrogen and oxygen atoms in total. The highest BCUT2D eigenvalue weighted by Crippen LogP contribution is 2.14. The van der Waals surface area contributed by atoms with Gasteiger partial charge in [-0.1, -0.05) is 13.8 Å². The molecule has 1 unspecified atom stereocenters. The van der Waals surface area contributed by atoms with E-state index in [4.69, 9.17) is 14.2 Å².